The van der Waals surface area contributed by atoms with Crippen molar-refractivity contribution in [2.45, 2.75) is 26.3 Å². The van der Waals surface area contributed by atoms with Crippen molar-refractivity contribution in [3.8, 4) is 0 Å². The van der Waals surface area contributed by atoms with Crippen molar-refractivity contribution in [3.05, 3.63) is 12.7 Å². The van der Waals surface area contributed by atoms with E-state index in [0.717, 1.165) is 0 Å². The van der Waals surface area contributed by atoms with Crippen LogP contribution in [0.4, 0.5) is 0 Å². The normalized spacial score (nSPS) is 10.2. The van der Waals surface area contributed by atoms with E-state index in [1.54, 1.807) is 11.1 Å². The molecule has 0 rings (SSSR count). The van der Waals surface area contributed by atoms with Crippen LogP contribution in [0.5, 0.6) is 0 Å². The van der Waals surface area contributed by atoms with E-state index in [1.807, 2.05) is 13.8 Å². The fourth-order valence-corrected chi connectivity index (χ4v) is 0.966. The first-order valence-electron chi connectivity index (χ1n) is 4.50. The van der Waals surface area contributed by atoms with Gasteiger partial charge in [-0.3, -0.25) is 9.80 Å². The molecule has 76 valence electrons. The number of hydrogen-bond donors (Lipinski definition) is 2. The van der Waals surface area contributed by atoms with E-state index in [0.29, 0.717) is 19.5 Å². The second-order valence-corrected chi connectivity index (χ2v) is 3.05. The summed E-state index contributed by atoms with van der Waals surface area (Å²) in [6.45, 7) is 8.45. The summed E-state index contributed by atoms with van der Waals surface area (Å²) in [5, 5.41) is 1.59. The van der Waals surface area contributed by atoms with E-state index in [4.69, 9.17) is 5.73 Å². The minimum atomic E-state index is 0.0272. The average Bonchev–Trinajstić information content (AvgIpc) is 2.05. The lowest BCUT2D eigenvalue weighted by Crippen LogP contribution is -2.47. The zero-order chi connectivity index (χ0) is 10.3. The molecule has 4 nitrogen and oxygen atoms in total. The predicted molar refractivity (Wildman–Crippen MR) is 53.9 cm³/mol. The van der Waals surface area contributed by atoms with Gasteiger partial charge in [0.2, 0.25) is 5.91 Å². The van der Waals surface area contributed by atoms with Gasteiger partial charge in [0, 0.05) is 25.6 Å². The van der Waals surface area contributed by atoms with Gasteiger partial charge in [0.1, 0.15) is 0 Å². The highest BCUT2D eigenvalue weighted by molar-refractivity contribution is 5.76. The number of carbonyl (C=O) groups is 1. The Bertz CT molecular complexity index is 168. The molecule has 0 aromatic rings. The van der Waals surface area contributed by atoms with Crippen LogP contribution in [0, 0.1) is 0 Å². The van der Waals surface area contributed by atoms with Crippen molar-refractivity contribution in [2.75, 3.05) is 13.1 Å². The van der Waals surface area contributed by atoms with Crippen molar-refractivity contribution >= 4 is 5.91 Å². The summed E-state index contributed by atoms with van der Waals surface area (Å²) < 4.78 is 0. The minimum absolute atomic E-state index is 0.0272. The van der Waals surface area contributed by atoms with Gasteiger partial charge in [-0.25, -0.2) is 5.43 Å². The van der Waals surface area contributed by atoms with E-state index in [-0.39, 0.29) is 11.9 Å². The average molecular weight is 185 g/mol. The molecule has 0 bridgehead atoms. The lowest BCUT2D eigenvalue weighted by atomic mass is 10.3. The Morgan fingerprint density at radius 2 is 2.31 bits per heavy atom. The molecular formula is C9H19N3O. The van der Waals surface area contributed by atoms with Gasteiger partial charge in [0.25, 0.3) is 0 Å². The van der Waals surface area contributed by atoms with Gasteiger partial charge in [0.15, 0.2) is 0 Å². The number of amides is 1. The summed E-state index contributed by atoms with van der Waals surface area (Å²) in [7, 11) is 0. The summed E-state index contributed by atoms with van der Waals surface area (Å²) >= 11 is 0. The maximum absolute atomic E-state index is 11.4. The van der Waals surface area contributed by atoms with Crippen LogP contribution in [0.15, 0.2) is 12.7 Å². The molecule has 13 heavy (non-hydrogen) atoms. The molecule has 0 saturated heterocycles. The molecule has 0 aliphatic rings. The molecule has 0 spiro atoms. The van der Waals surface area contributed by atoms with Crippen molar-refractivity contribution < 1.29 is 4.79 Å². The second kappa shape index (κ2) is 6.62. The number of nitrogens with zero attached hydrogens (tertiary/aromatic N) is 1. The van der Waals surface area contributed by atoms with Crippen LogP contribution >= 0.6 is 0 Å². The van der Waals surface area contributed by atoms with Crippen LogP contribution in [0.2, 0.25) is 0 Å². The lowest BCUT2D eigenvalue weighted by Gasteiger charge is -2.26. The molecule has 0 unspecified atom stereocenters. The highest BCUT2D eigenvalue weighted by Crippen LogP contribution is 1.96. The summed E-state index contributed by atoms with van der Waals surface area (Å²) in [6, 6.07) is 0.138. The van der Waals surface area contributed by atoms with Gasteiger partial charge < -0.3 is 5.73 Å². The molecule has 4 heteroatoms. The van der Waals surface area contributed by atoms with Crippen LogP contribution in [-0.4, -0.2) is 30.0 Å². The monoisotopic (exact) mass is 185 g/mol. The van der Waals surface area contributed by atoms with Gasteiger partial charge in [-0.1, -0.05) is 6.08 Å². The van der Waals surface area contributed by atoms with Crippen molar-refractivity contribution in [3.63, 3.8) is 0 Å². The number of carbonyl (C=O) groups excluding carboxylic acids is 1. The molecule has 0 fully saturated rings. The van der Waals surface area contributed by atoms with E-state index >= 15 is 0 Å². The Balaban J connectivity index is 4.06. The Labute approximate surface area is 79.8 Å². The fraction of sp³-hybridized carbons (Fsp3) is 0.667. The fourth-order valence-electron chi connectivity index (χ4n) is 0.966. The molecule has 0 aliphatic heterocycles. The van der Waals surface area contributed by atoms with Crippen molar-refractivity contribution in [2.24, 2.45) is 5.73 Å². The van der Waals surface area contributed by atoms with Crippen molar-refractivity contribution in [1.82, 2.24) is 10.4 Å². The number of nitrogens with two attached hydrogens (primary N) is 1. The Morgan fingerprint density at radius 3 is 2.69 bits per heavy atom. The first-order valence-corrected chi connectivity index (χ1v) is 4.50. The molecule has 0 radical (unpaired) electrons. The zero-order valence-electron chi connectivity index (χ0n) is 8.42. The molecule has 3 N–H and O–H groups in total. The summed E-state index contributed by atoms with van der Waals surface area (Å²) in [5.41, 5.74) is 8.26. The minimum Gasteiger partial charge on any atom is -0.330 e. The number of hydrogen-bond acceptors (Lipinski definition) is 3. The summed E-state index contributed by atoms with van der Waals surface area (Å²) in [5.74, 6) is 0.0272. The Kier molecular flexibility index (Phi) is 6.18. The topological polar surface area (TPSA) is 58.4 Å². The van der Waals surface area contributed by atoms with E-state index in [1.165, 1.54) is 0 Å². The molecular weight excluding hydrogens is 166 g/mol. The Hall–Kier alpha value is -0.870. The van der Waals surface area contributed by atoms with Crippen LogP contribution in [0.1, 0.15) is 20.3 Å². The quantitative estimate of drug-likeness (QED) is 0.461. The Morgan fingerprint density at radius 1 is 1.69 bits per heavy atom. The first-order chi connectivity index (χ1) is 6.13. The molecule has 0 atom stereocenters. The van der Waals surface area contributed by atoms with Gasteiger partial charge in [-0.2, -0.15) is 0 Å². The number of hydrazine groups is 1. The third-order valence-electron chi connectivity index (χ3n) is 1.55. The molecule has 0 aromatic carbocycles. The third kappa shape index (κ3) is 4.65. The zero-order valence-corrected chi connectivity index (χ0v) is 8.42. The standard InChI is InChI=1S/C9H19N3O/c1-4-7-11-12(8(2)3)9(13)5-6-10/h4,8,11H,1,5-7,10H2,2-3H3. The lowest BCUT2D eigenvalue weighted by molar-refractivity contribution is -0.136. The molecule has 0 aliphatic carbocycles. The first kappa shape index (κ1) is 12.1. The smallest absolute Gasteiger partial charge is 0.238 e. The van der Waals surface area contributed by atoms with Gasteiger partial charge >= 0.3 is 0 Å². The third-order valence-corrected chi connectivity index (χ3v) is 1.55. The number of nitrogens with one attached hydrogen (secondary N) is 1. The van der Waals surface area contributed by atoms with Gasteiger partial charge in [-0.05, 0) is 13.8 Å². The molecule has 0 saturated carbocycles. The highest BCUT2D eigenvalue weighted by Gasteiger charge is 2.14. The largest absolute Gasteiger partial charge is 0.330 e. The van der Waals surface area contributed by atoms with Crippen molar-refractivity contribution in [1.29, 1.82) is 0 Å². The molecule has 1 amide bonds. The van der Waals surface area contributed by atoms with Crippen LogP contribution in [0.3, 0.4) is 0 Å². The van der Waals surface area contributed by atoms with E-state index in [2.05, 4.69) is 12.0 Å². The molecule has 0 heterocycles. The van der Waals surface area contributed by atoms with Crippen LogP contribution in [-0.2, 0) is 4.79 Å². The van der Waals surface area contributed by atoms with Gasteiger partial charge in [0.05, 0.1) is 0 Å². The van der Waals surface area contributed by atoms with E-state index in [9.17, 15) is 4.79 Å². The maximum Gasteiger partial charge on any atom is 0.238 e. The van der Waals surface area contributed by atoms with E-state index < -0.39 is 0 Å². The molecule has 0 aromatic heterocycles. The second-order valence-electron chi connectivity index (χ2n) is 3.05. The summed E-state index contributed by atoms with van der Waals surface area (Å²) in [4.78, 5) is 11.4. The summed E-state index contributed by atoms with van der Waals surface area (Å²) in [6.07, 6.45) is 2.09. The van der Waals surface area contributed by atoms with Crippen LogP contribution in [0.25, 0.3) is 0 Å². The maximum atomic E-state index is 11.4. The SMILES string of the molecule is C=CCNN(C(=O)CCN)C(C)C. The van der Waals surface area contributed by atoms with Gasteiger partial charge in [-0.15, -0.1) is 6.58 Å². The number of rotatable bonds is 6. The highest BCUT2D eigenvalue weighted by atomic mass is 16.2. The van der Waals surface area contributed by atoms with Crippen LogP contribution < -0.4 is 11.2 Å². The predicted octanol–water partition coefficient (Wildman–Crippen LogP) is 0.263.